The fourth-order valence-electron chi connectivity index (χ4n) is 4.30. The zero-order valence-corrected chi connectivity index (χ0v) is 19.3. The van der Waals surface area contributed by atoms with Gasteiger partial charge in [0.1, 0.15) is 11.5 Å². The number of piperidine rings is 1. The smallest absolute Gasteiger partial charge is 0.356 e. The predicted octanol–water partition coefficient (Wildman–Crippen LogP) is 4.42. The zero-order valence-electron chi connectivity index (χ0n) is 19.3. The fraction of sp³-hybridized carbons (Fsp3) is 0.458. The van der Waals surface area contributed by atoms with Crippen molar-refractivity contribution in [1.29, 1.82) is 0 Å². The van der Waals surface area contributed by atoms with Crippen molar-refractivity contribution in [2.45, 2.75) is 38.3 Å². The predicted molar refractivity (Wildman–Crippen MR) is 121 cm³/mol. The van der Waals surface area contributed by atoms with Crippen LogP contribution in [-0.2, 0) is 9.47 Å². The highest BCUT2D eigenvalue weighted by molar-refractivity contribution is 5.99. The summed E-state index contributed by atoms with van der Waals surface area (Å²) in [6.07, 6.45) is 0.614. The second kappa shape index (κ2) is 9.05. The van der Waals surface area contributed by atoms with Crippen LogP contribution >= 0.6 is 0 Å². The van der Waals surface area contributed by atoms with Gasteiger partial charge in [0, 0.05) is 33.0 Å². The van der Waals surface area contributed by atoms with Crippen LogP contribution in [0.5, 0.6) is 0 Å². The molecule has 1 aromatic carbocycles. The molecule has 7 nitrogen and oxygen atoms in total. The van der Waals surface area contributed by atoms with Crippen LogP contribution in [0.2, 0.25) is 0 Å². The number of fused-ring (bicyclic) bond motifs is 1. The quantitative estimate of drug-likeness (QED) is 0.509. The molecule has 3 aromatic rings. The second-order valence-electron chi connectivity index (χ2n) is 8.72. The van der Waals surface area contributed by atoms with Crippen molar-refractivity contribution in [3.8, 4) is 5.69 Å². The highest BCUT2D eigenvalue weighted by atomic mass is 19.1. The fourth-order valence-corrected chi connectivity index (χ4v) is 4.30. The molecule has 3 heterocycles. The molecule has 0 radical (unpaired) electrons. The average Bonchev–Trinajstić information content (AvgIpc) is 3.19. The Kier molecular flexibility index (Phi) is 6.34. The first-order valence-corrected chi connectivity index (χ1v) is 11.0. The van der Waals surface area contributed by atoms with Crippen LogP contribution in [0.25, 0.3) is 16.7 Å². The molecular formula is C24H28F2N4O3. The van der Waals surface area contributed by atoms with Gasteiger partial charge in [0.2, 0.25) is 0 Å². The van der Waals surface area contributed by atoms with E-state index in [9.17, 15) is 9.18 Å². The lowest BCUT2D eigenvalue weighted by atomic mass is 9.93. The molecule has 0 aliphatic carbocycles. The maximum absolute atomic E-state index is 15.0. The standard InChI is InChI=1S/C24H28F2N4O3/c1-15(2)21-20-19(29-11-9-24(26,10-12-29)14-32-3)13-18(23(31)33-4)27-22(20)30(28-21)17-7-5-16(25)6-8-17/h5-8,13,15H,9-12,14H2,1-4H3. The van der Waals surface area contributed by atoms with Crippen LogP contribution < -0.4 is 4.90 Å². The van der Waals surface area contributed by atoms with Gasteiger partial charge < -0.3 is 14.4 Å². The lowest BCUT2D eigenvalue weighted by molar-refractivity contribution is 0.0228. The third-order valence-corrected chi connectivity index (χ3v) is 6.06. The highest BCUT2D eigenvalue weighted by Gasteiger charge is 2.36. The minimum atomic E-state index is -1.37. The van der Waals surface area contributed by atoms with E-state index in [2.05, 4.69) is 9.88 Å². The van der Waals surface area contributed by atoms with Crippen molar-refractivity contribution >= 4 is 22.7 Å². The van der Waals surface area contributed by atoms with Gasteiger partial charge in [-0.3, -0.25) is 0 Å². The number of ether oxygens (including phenoxy) is 2. The van der Waals surface area contributed by atoms with Crippen LogP contribution in [0.1, 0.15) is 48.8 Å². The van der Waals surface area contributed by atoms with Crippen molar-refractivity contribution in [3.05, 3.63) is 47.5 Å². The zero-order chi connectivity index (χ0) is 23.8. The molecule has 0 N–H and O–H groups in total. The Balaban J connectivity index is 1.90. The number of alkyl halides is 1. The summed E-state index contributed by atoms with van der Waals surface area (Å²) < 4.78 is 40.2. The molecule has 0 amide bonds. The average molecular weight is 459 g/mol. The number of nitrogens with zero attached hydrogens (tertiary/aromatic N) is 4. The third kappa shape index (κ3) is 4.42. The summed E-state index contributed by atoms with van der Waals surface area (Å²) in [5.41, 5.74) is 1.40. The molecule has 33 heavy (non-hydrogen) atoms. The van der Waals surface area contributed by atoms with Crippen LogP contribution in [0.4, 0.5) is 14.5 Å². The highest BCUT2D eigenvalue weighted by Crippen LogP contribution is 2.38. The number of methoxy groups -OCH3 is 2. The molecule has 2 aromatic heterocycles. The van der Waals surface area contributed by atoms with Gasteiger partial charge in [0.15, 0.2) is 11.3 Å². The summed E-state index contributed by atoms with van der Waals surface area (Å²) in [7, 11) is 2.80. The molecule has 0 unspecified atom stereocenters. The van der Waals surface area contributed by atoms with Crippen molar-refractivity contribution in [2.75, 3.05) is 38.8 Å². The molecule has 176 valence electrons. The first-order chi connectivity index (χ1) is 15.8. The minimum Gasteiger partial charge on any atom is -0.464 e. The summed E-state index contributed by atoms with van der Waals surface area (Å²) in [6, 6.07) is 7.62. The molecule has 9 heteroatoms. The van der Waals surface area contributed by atoms with Crippen LogP contribution in [0.15, 0.2) is 30.3 Å². The van der Waals surface area contributed by atoms with Gasteiger partial charge >= 0.3 is 5.97 Å². The van der Waals surface area contributed by atoms with E-state index in [0.29, 0.717) is 37.3 Å². The van der Waals surface area contributed by atoms with Gasteiger partial charge in [-0.25, -0.2) is 23.2 Å². The molecule has 4 rings (SSSR count). The summed E-state index contributed by atoms with van der Waals surface area (Å²) in [5, 5.41) is 5.58. The summed E-state index contributed by atoms with van der Waals surface area (Å²) in [6.45, 7) is 5.02. The van der Waals surface area contributed by atoms with Gasteiger partial charge in [-0.05, 0) is 36.2 Å². The minimum absolute atomic E-state index is 0.0530. The van der Waals surface area contributed by atoms with Crippen LogP contribution in [0, 0.1) is 5.82 Å². The molecular weight excluding hydrogens is 430 g/mol. The first-order valence-electron chi connectivity index (χ1n) is 11.0. The number of hydrogen-bond donors (Lipinski definition) is 0. The van der Waals surface area contributed by atoms with Crippen LogP contribution in [-0.4, -0.2) is 60.3 Å². The van der Waals surface area contributed by atoms with Gasteiger partial charge in [0.25, 0.3) is 0 Å². The Morgan fingerprint density at radius 2 is 1.85 bits per heavy atom. The normalized spacial score (nSPS) is 15.9. The molecule has 0 spiro atoms. The largest absolute Gasteiger partial charge is 0.464 e. The Labute approximate surface area is 191 Å². The Hall–Kier alpha value is -3.07. The van der Waals surface area contributed by atoms with Gasteiger partial charge in [-0.1, -0.05) is 13.8 Å². The summed E-state index contributed by atoms with van der Waals surface area (Å²) in [5.74, 6) is -0.883. The molecule has 0 saturated carbocycles. The van der Waals surface area contributed by atoms with E-state index in [1.807, 2.05) is 13.8 Å². The number of pyridine rings is 1. The second-order valence-corrected chi connectivity index (χ2v) is 8.72. The summed E-state index contributed by atoms with van der Waals surface area (Å²) in [4.78, 5) is 19.1. The van der Waals surface area contributed by atoms with Gasteiger partial charge in [0.05, 0.1) is 36.2 Å². The molecule has 1 aliphatic heterocycles. The van der Waals surface area contributed by atoms with E-state index in [4.69, 9.17) is 14.6 Å². The van der Waals surface area contributed by atoms with Gasteiger partial charge in [-0.2, -0.15) is 5.10 Å². The number of benzene rings is 1. The summed E-state index contributed by atoms with van der Waals surface area (Å²) >= 11 is 0. The van der Waals surface area contributed by atoms with Crippen molar-refractivity contribution in [3.63, 3.8) is 0 Å². The van der Waals surface area contributed by atoms with E-state index in [1.165, 1.54) is 26.4 Å². The Morgan fingerprint density at radius 3 is 2.42 bits per heavy atom. The number of rotatable bonds is 6. The van der Waals surface area contributed by atoms with Crippen molar-refractivity contribution in [1.82, 2.24) is 14.8 Å². The molecule has 1 saturated heterocycles. The van der Waals surface area contributed by atoms with E-state index in [-0.39, 0.29) is 24.0 Å². The monoisotopic (exact) mass is 458 g/mol. The maximum atomic E-state index is 15.0. The van der Waals surface area contributed by atoms with Crippen LogP contribution in [0.3, 0.4) is 0 Å². The molecule has 0 bridgehead atoms. The van der Waals surface area contributed by atoms with E-state index < -0.39 is 11.6 Å². The number of carbonyl (C=O) groups is 1. The molecule has 1 aliphatic rings. The van der Waals surface area contributed by atoms with E-state index >= 15 is 4.39 Å². The lowest BCUT2D eigenvalue weighted by Crippen LogP contribution is -2.44. The lowest BCUT2D eigenvalue weighted by Gasteiger charge is -2.37. The topological polar surface area (TPSA) is 69.5 Å². The van der Waals surface area contributed by atoms with Crippen molar-refractivity contribution < 1.29 is 23.0 Å². The van der Waals surface area contributed by atoms with Gasteiger partial charge in [-0.15, -0.1) is 0 Å². The van der Waals surface area contributed by atoms with E-state index in [1.54, 1.807) is 22.9 Å². The van der Waals surface area contributed by atoms with E-state index in [0.717, 1.165) is 16.8 Å². The van der Waals surface area contributed by atoms with Crippen molar-refractivity contribution in [2.24, 2.45) is 0 Å². The maximum Gasteiger partial charge on any atom is 0.356 e. The Morgan fingerprint density at radius 1 is 1.18 bits per heavy atom. The molecule has 0 atom stereocenters. The number of esters is 1. The SMILES string of the molecule is COCC1(F)CCN(c2cc(C(=O)OC)nc3c2c(C(C)C)nn3-c2ccc(F)cc2)CC1. The Bertz CT molecular complexity index is 1150. The number of anilines is 1. The number of halogens is 2. The third-order valence-electron chi connectivity index (χ3n) is 6.06. The molecule has 1 fully saturated rings. The number of hydrogen-bond acceptors (Lipinski definition) is 6. The number of carbonyl (C=O) groups excluding carboxylic acids is 1. The number of aromatic nitrogens is 3. The first kappa shape index (κ1) is 23.1.